The van der Waals surface area contributed by atoms with Crippen LogP contribution in [0.15, 0.2) is 0 Å². The molecule has 0 fully saturated rings. The second-order valence-electron chi connectivity index (χ2n) is 0.500. The molecule has 0 aromatic heterocycles. The monoisotopic (exact) mass is 306 g/mol. The molecule has 2 unspecified atom stereocenters. The van der Waals surface area contributed by atoms with E-state index in [1.807, 2.05) is 0 Å². The third kappa shape index (κ3) is 243. The summed E-state index contributed by atoms with van der Waals surface area (Å²) in [5.41, 5.74) is 0. The average Bonchev–Trinajstić information content (AvgIpc) is 1.25. The van der Waals surface area contributed by atoms with Gasteiger partial charge < -0.3 is 28.1 Å². The molecule has 13 heteroatoms. The van der Waals surface area contributed by atoms with E-state index in [4.69, 9.17) is 28.1 Å². The van der Waals surface area contributed by atoms with Crippen molar-refractivity contribution in [3.05, 3.63) is 0 Å². The van der Waals surface area contributed by atoms with Gasteiger partial charge in [-0.15, -0.1) is 0 Å². The summed E-state index contributed by atoms with van der Waals surface area (Å²) in [4.78, 5) is 34.1. The minimum absolute atomic E-state index is 0. The minimum atomic E-state index is -3.63. The van der Waals surface area contributed by atoms with Crippen LogP contribution in [0.25, 0.3) is 0 Å². The average molecular weight is 306 g/mol. The Labute approximate surface area is 160 Å². The summed E-state index contributed by atoms with van der Waals surface area (Å²) in [6, 6.07) is 0. The molecular weight excluding hydrogens is 300 g/mol. The largest absolute Gasteiger partial charge is 2.00 e. The van der Waals surface area contributed by atoms with Crippen LogP contribution >= 0.6 is 19.8 Å². The number of rotatable bonds is 0. The van der Waals surface area contributed by atoms with Gasteiger partial charge in [-0.05, 0) is 0 Å². The molecule has 2 atom stereocenters. The quantitative estimate of drug-likeness (QED) is 0.323. The molecule has 0 amide bonds. The Kier molecular flexibility index (Phi) is 123. The summed E-state index contributed by atoms with van der Waals surface area (Å²) in [5, 5.41) is 0. The van der Waals surface area contributed by atoms with Crippen LogP contribution in [0.4, 0.5) is 0 Å². The first kappa shape index (κ1) is 44.1. The molecule has 0 aromatic rings. The van der Waals surface area contributed by atoms with E-state index in [1.165, 1.54) is 0 Å². The molecule has 0 saturated carbocycles. The van der Waals surface area contributed by atoms with Gasteiger partial charge in [0, 0.05) is 18.3 Å². The SMILES string of the molecule is O=[Si]([O-])[O-].O=[Si]([O-])[O-].P.P.[Ca+2].[Na+].[Na+]. The Hall–Kier alpha value is 3.35. The second-order valence-corrected chi connectivity index (χ2v) is 1.50. The van der Waals surface area contributed by atoms with Gasteiger partial charge in [0.15, 0.2) is 0 Å². The molecule has 0 rings (SSSR count). The maximum atomic E-state index is 8.52. The van der Waals surface area contributed by atoms with Gasteiger partial charge >= 0.3 is 96.9 Å². The van der Waals surface area contributed by atoms with Crippen LogP contribution in [0.5, 0.6) is 0 Å². The van der Waals surface area contributed by atoms with Crippen molar-refractivity contribution in [2.45, 2.75) is 0 Å². The first-order valence-corrected chi connectivity index (χ1v) is 3.67. The fourth-order valence-corrected chi connectivity index (χ4v) is 0. The van der Waals surface area contributed by atoms with Crippen molar-refractivity contribution >= 4 is 75.9 Å². The van der Waals surface area contributed by atoms with Crippen molar-refractivity contribution < 1.29 is 87.2 Å². The van der Waals surface area contributed by atoms with Crippen molar-refractivity contribution in [1.29, 1.82) is 0 Å². The van der Waals surface area contributed by atoms with Crippen LogP contribution in [-0.2, 0) is 8.92 Å². The molecule has 6 nitrogen and oxygen atoms in total. The maximum absolute atomic E-state index is 8.52. The van der Waals surface area contributed by atoms with Crippen LogP contribution in [0.3, 0.4) is 0 Å². The van der Waals surface area contributed by atoms with Crippen LogP contribution in [0, 0.1) is 0 Å². The van der Waals surface area contributed by atoms with Crippen molar-refractivity contribution in [2.24, 2.45) is 0 Å². The molecule has 0 bridgehead atoms. The molecule has 0 aromatic carbocycles. The maximum Gasteiger partial charge on any atom is 2.00 e. The molecule has 13 heavy (non-hydrogen) atoms. The summed E-state index contributed by atoms with van der Waals surface area (Å²) in [7, 11) is -7.26. The Bertz CT molecular complexity index is 84.6. The Morgan fingerprint density at radius 3 is 0.692 bits per heavy atom. The molecule has 0 aliphatic heterocycles. The standard InChI is InChI=1S/Ca.2Na.2O3Si.2H3P/c;;;2*1-4(2)3;;/h;;;;;2*1H3/q+2;2*+1;2*-2;;. The molecular formula is H6CaNa2O6P2Si2. The molecule has 64 valence electrons. The van der Waals surface area contributed by atoms with Crippen LogP contribution in [0.1, 0.15) is 0 Å². The Morgan fingerprint density at radius 2 is 0.692 bits per heavy atom. The molecule has 0 aliphatic carbocycles. The van der Waals surface area contributed by atoms with Gasteiger partial charge in [0.05, 0.1) is 0 Å². The fourth-order valence-electron chi connectivity index (χ4n) is 0. The van der Waals surface area contributed by atoms with Gasteiger partial charge in [0.2, 0.25) is 0 Å². The van der Waals surface area contributed by atoms with E-state index in [2.05, 4.69) is 0 Å². The smallest absolute Gasteiger partial charge is 0.672 e. The minimum Gasteiger partial charge on any atom is -0.672 e. The van der Waals surface area contributed by atoms with E-state index in [1.54, 1.807) is 0 Å². The van der Waals surface area contributed by atoms with Crippen LogP contribution in [-0.4, -0.2) is 56.1 Å². The van der Waals surface area contributed by atoms with E-state index in [0.717, 1.165) is 0 Å². The van der Waals surface area contributed by atoms with Crippen molar-refractivity contribution in [3.8, 4) is 0 Å². The molecule has 0 spiro atoms. The fraction of sp³-hybridized carbons (Fsp3) is 0. The van der Waals surface area contributed by atoms with E-state index >= 15 is 0 Å². The third-order valence-corrected chi connectivity index (χ3v) is 0. The summed E-state index contributed by atoms with van der Waals surface area (Å²) >= 11 is 0. The second kappa shape index (κ2) is 36.2. The summed E-state index contributed by atoms with van der Waals surface area (Å²) < 4.78 is 17.0. The van der Waals surface area contributed by atoms with Crippen LogP contribution < -0.4 is 78.3 Å². The Morgan fingerprint density at radius 1 is 0.692 bits per heavy atom. The summed E-state index contributed by atoms with van der Waals surface area (Å²) in [6.07, 6.45) is 0. The van der Waals surface area contributed by atoms with Gasteiger partial charge in [-0.25, -0.2) is 0 Å². The predicted molar refractivity (Wildman–Crippen MR) is 40.8 cm³/mol. The molecule has 0 heterocycles. The molecule has 0 radical (unpaired) electrons. The topological polar surface area (TPSA) is 126 Å². The van der Waals surface area contributed by atoms with Gasteiger partial charge in [0.25, 0.3) is 0 Å². The van der Waals surface area contributed by atoms with Crippen molar-refractivity contribution in [1.82, 2.24) is 0 Å². The van der Waals surface area contributed by atoms with Gasteiger partial charge in [-0.2, -0.15) is 19.8 Å². The zero-order chi connectivity index (χ0) is 7.15. The molecule has 0 N–H and O–H groups in total. The van der Waals surface area contributed by atoms with Crippen LogP contribution in [0.2, 0.25) is 0 Å². The normalized spacial score (nSPS) is 3.69. The molecule has 0 saturated heterocycles. The van der Waals surface area contributed by atoms with Crippen molar-refractivity contribution in [3.63, 3.8) is 0 Å². The van der Waals surface area contributed by atoms with E-state index < -0.39 is 18.3 Å². The summed E-state index contributed by atoms with van der Waals surface area (Å²) in [5.74, 6) is 0. The van der Waals surface area contributed by atoms with E-state index in [9.17, 15) is 0 Å². The zero-order valence-electron chi connectivity index (χ0n) is 7.57. The van der Waals surface area contributed by atoms with Gasteiger partial charge in [-0.1, -0.05) is 0 Å². The van der Waals surface area contributed by atoms with Gasteiger partial charge in [0.1, 0.15) is 0 Å². The zero-order valence-corrected chi connectivity index (χ0v) is 18.6. The molecule has 0 aliphatic rings. The number of hydrogen-bond donors (Lipinski definition) is 0. The van der Waals surface area contributed by atoms with Gasteiger partial charge in [-0.3, -0.25) is 0 Å². The van der Waals surface area contributed by atoms with E-state index in [0.29, 0.717) is 0 Å². The van der Waals surface area contributed by atoms with E-state index in [-0.39, 0.29) is 117 Å². The van der Waals surface area contributed by atoms with Crippen molar-refractivity contribution in [2.75, 3.05) is 0 Å². The third-order valence-electron chi connectivity index (χ3n) is 0. The first-order chi connectivity index (χ1) is 3.46. The predicted octanol–water partition coefficient (Wildman–Crippen LogP) is -12.0. The Balaban J connectivity index is -0.00000000800. The first-order valence-electron chi connectivity index (χ1n) is 1.22. The summed E-state index contributed by atoms with van der Waals surface area (Å²) in [6.45, 7) is 0. The number of hydrogen-bond acceptors (Lipinski definition) is 6.